The van der Waals surface area contributed by atoms with Crippen LogP contribution in [0.2, 0.25) is 0 Å². The minimum Gasteiger partial charge on any atom is -0.372 e. The molecule has 1 rings (SSSR count). The molecule has 0 saturated carbocycles. The van der Waals surface area contributed by atoms with Gasteiger partial charge in [0.25, 0.3) is 5.91 Å². The highest BCUT2D eigenvalue weighted by Crippen LogP contribution is 2.16. The van der Waals surface area contributed by atoms with E-state index in [1.54, 1.807) is 11.8 Å². The number of likely N-dealkylation sites (tertiary alicyclic amines) is 1. The maximum Gasteiger partial charge on any atom is 0.251 e. The van der Waals surface area contributed by atoms with Crippen molar-refractivity contribution in [1.29, 1.82) is 5.26 Å². The molecule has 1 unspecified atom stereocenters. The van der Waals surface area contributed by atoms with Crippen molar-refractivity contribution >= 4 is 5.91 Å². The van der Waals surface area contributed by atoms with Crippen LogP contribution in [0.3, 0.4) is 0 Å². The van der Waals surface area contributed by atoms with Gasteiger partial charge in [-0.3, -0.25) is 4.79 Å². The Morgan fingerprint density at radius 1 is 1.57 bits per heavy atom. The van der Waals surface area contributed by atoms with Crippen LogP contribution in [0.15, 0.2) is 0 Å². The Morgan fingerprint density at radius 2 is 2.14 bits per heavy atom. The van der Waals surface area contributed by atoms with Crippen molar-refractivity contribution in [3.63, 3.8) is 0 Å². The van der Waals surface area contributed by atoms with Crippen molar-refractivity contribution in [2.24, 2.45) is 5.92 Å². The summed E-state index contributed by atoms with van der Waals surface area (Å²) >= 11 is 0. The maximum atomic E-state index is 11.6. The first-order chi connectivity index (χ1) is 6.69. The molecule has 1 heterocycles. The van der Waals surface area contributed by atoms with E-state index in [2.05, 4.69) is 6.07 Å². The van der Waals surface area contributed by atoms with Crippen molar-refractivity contribution in [1.82, 2.24) is 4.90 Å². The zero-order chi connectivity index (χ0) is 10.6. The smallest absolute Gasteiger partial charge is 0.251 e. The second kappa shape index (κ2) is 4.97. The molecule has 1 saturated heterocycles. The molecule has 1 aliphatic rings. The first-order valence-electron chi connectivity index (χ1n) is 4.90. The Hall–Kier alpha value is -1.08. The number of carbonyl (C=O) groups is 1. The fraction of sp³-hybridized carbons (Fsp3) is 0.800. The molecule has 1 aliphatic heterocycles. The molecule has 1 amide bonds. The minimum atomic E-state index is -0.367. The van der Waals surface area contributed by atoms with Crippen LogP contribution >= 0.6 is 0 Å². The SMILES string of the molecule is COC(C)C(=O)N1CCC(C#N)CC1. The molecular formula is C10H16N2O2. The van der Waals surface area contributed by atoms with Gasteiger partial charge in [0.2, 0.25) is 0 Å². The van der Waals surface area contributed by atoms with Crippen LogP contribution < -0.4 is 0 Å². The first-order valence-corrected chi connectivity index (χ1v) is 4.90. The lowest BCUT2D eigenvalue weighted by atomic mass is 9.98. The first kappa shape index (κ1) is 11.0. The molecule has 4 nitrogen and oxygen atoms in total. The van der Waals surface area contributed by atoms with Crippen LogP contribution in [0.5, 0.6) is 0 Å². The van der Waals surface area contributed by atoms with Crippen molar-refractivity contribution in [2.45, 2.75) is 25.9 Å². The molecule has 78 valence electrons. The number of rotatable bonds is 2. The molecule has 0 N–H and O–H groups in total. The number of nitrogens with zero attached hydrogens (tertiary/aromatic N) is 2. The average Bonchev–Trinajstić information content (AvgIpc) is 2.27. The third-order valence-corrected chi connectivity index (χ3v) is 2.69. The van der Waals surface area contributed by atoms with Gasteiger partial charge in [-0.05, 0) is 19.8 Å². The summed E-state index contributed by atoms with van der Waals surface area (Å²) in [6, 6.07) is 2.24. The largest absolute Gasteiger partial charge is 0.372 e. The van der Waals surface area contributed by atoms with Gasteiger partial charge in [-0.1, -0.05) is 0 Å². The quantitative estimate of drug-likeness (QED) is 0.656. The van der Waals surface area contributed by atoms with E-state index in [4.69, 9.17) is 10.00 Å². The van der Waals surface area contributed by atoms with E-state index in [-0.39, 0.29) is 17.9 Å². The van der Waals surface area contributed by atoms with E-state index in [9.17, 15) is 4.79 Å². The van der Waals surface area contributed by atoms with Crippen molar-refractivity contribution in [2.75, 3.05) is 20.2 Å². The van der Waals surface area contributed by atoms with E-state index < -0.39 is 0 Å². The average molecular weight is 196 g/mol. The van der Waals surface area contributed by atoms with E-state index >= 15 is 0 Å². The van der Waals surface area contributed by atoms with Crippen molar-refractivity contribution in [3.05, 3.63) is 0 Å². The van der Waals surface area contributed by atoms with E-state index in [0.717, 1.165) is 12.8 Å². The minimum absolute atomic E-state index is 0.0314. The van der Waals surface area contributed by atoms with Crippen LogP contribution in [-0.2, 0) is 9.53 Å². The number of piperidine rings is 1. The number of amides is 1. The monoisotopic (exact) mass is 196 g/mol. The predicted molar refractivity (Wildman–Crippen MR) is 51.4 cm³/mol. The Kier molecular flexibility index (Phi) is 3.90. The molecule has 0 aromatic carbocycles. The standard InChI is InChI=1S/C10H16N2O2/c1-8(14-2)10(13)12-5-3-9(7-11)4-6-12/h8-9H,3-6H2,1-2H3. The lowest BCUT2D eigenvalue weighted by molar-refractivity contribution is -0.142. The van der Waals surface area contributed by atoms with Gasteiger partial charge in [0, 0.05) is 26.1 Å². The van der Waals surface area contributed by atoms with Gasteiger partial charge in [0.1, 0.15) is 6.10 Å². The van der Waals surface area contributed by atoms with Crippen molar-refractivity contribution in [3.8, 4) is 6.07 Å². The van der Waals surface area contributed by atoms with Gasteiger partial charge in [-0.15, -0.1) is 0 Å². The number of hydrogen-bond donors (Lipinski definition) is 0. The zero-order valence-corrected chi connectivity index (χ0v) is 8.69. The highest BCUT2D eigenvalue weighted by Gasteiger charge is 2.25. The van der Waals surface area contributed by atoms with E-state index in [0.29, 0.717) is 13.1 Å². The molecule has 0 aromatic rings. The topological polar surface area (TPSA) is 53.3 Å². The fourth-order valence-corrected chi connectivity index (χ4v) is 1.59. The number of ether oxygens (including phenoxy) is 1. The molecule has 0 aliphatic carbocycles. The summed E-state index contributed by atoms with van der Waals surface area (Å²) < 4.78 is 4.96. The summed E-state index contributed by atoms with van der Waals surface area (Å²) in [5.41, 5.74) is 0. The molecule has 0 bridgehead atoms. The van der Waals surface area contributed by atoms with Crippen LogP contribution in [0.1, 0.15) is 19.8 Å². The predicted octanol–water partition coefficient (Wildman–Crippen LogP) is 0.783. The molecule has 14 heavy (non-hydrogen) atoms. The molecule has 1 fully saturated rings. The Balaban J connectivity index is 2.42. The number of carbonyl (C=O) groups excluding carboxylic acids is 1. The summed E-state index contributed by atoms with van der Waals surface area (Å²) in [4.78, 5) is 13.4. The van der Waals surface area contributed by atoms with Crippen molar-refractivity contribution < 1.29 is 9.53 Å². The Morgan fingerprint density at radius 3 is 2.57 bits per heavy atom. The lowest BCUT2D eigenvalue weighted by Crippen LogP contribution is -2.43. The third-order valence-electron chi connectivity index (χ3n) is 2.69. The summed E-state index contributed by atoms with van der Waals surface area (Å²) in [5, 5.41) is 8.69. The normalized spacial score (nSPS) is 20.2. The molecule has 1 atom stereocenters. The summed E-state index contributed by atoms with van der Waals surface area (Å²) in [6.07, 6.45) is 1.21. The number of hydrogen-bond acceptors (Lipinski definition) is 3. The van der Waals surface area contributed by atoms with Gasteiger partial charge in [-0.25, -0.2) is 0 Å². The maximum absolute atomic E-state index is 11.6. The number of methoxy groups -OCH3 is 1. The second-order valence-corrected chi connectivity index (χ2v) is 3.61. The van der Waals surface area contributed by atoms with Gasteiger partial charge in [0.15, 0.2) is 0 Å². The van der Waals surface area contributed by atoms with E-state index in [1.807, 2.05) is 0 Å². The summed E-state index contributed by atoms with van der Waals surface area (Å²) in [6.45, 7) is 3.12. The molecule has 0 spiro atoms. The highest BCUT2D eigenvalue weighted by molar-refractivity contribution is 5.80. The van der Waals surface area contributed by atoms with Crippen LogP contribution in [0.4, 0.5) is 0 Å². The fourth-order valence-electron chi connectivity index (χ4n) is 1.59. The molecule has 0 aromatic heterocycles. The van der Waals surface area contributed by atoms with Crippen LogP contribution in [0.25, 0.3) is 0 Å². The van der Waals surface area contributed by atoms with Crippen LogP contribution in [0, 0.1) is 17.2 Å². The van der Waals surface area contributed by atoms with Gasteiger partial charge >= 0.3 is 0 Å². The summed E-state index contributed by atoms with van der Waals surface area (Å²) in [7, 11) is 1.53. The zero-order valence-electron chi connectivity index (χ0n) is 8.69. The summed E-state index contributed by atoms with van der Waals surface area (Å²) in [5.74, 6) is 0.154. The highest BCUT2D eigenvalue weighted by atomic mass is 16.5. The molecular weight excluding hydrogens is 180 g/mol. The number of nitriles is 1. The third kappa shape index (κ3) is 2.46. The van der Waals surface area contributed by atoms with E-state index in [1.165, 1.54) is 7.11 Å². The van der Waals surface area contributed by atoms with Gasteiger partial charge in [0.05, 0.1) is 6.07 Å². The molecule has 0 radical (unpaired) electrons. The van der Waals surface area contributed by atoms with Gasteiger partial charge < -0.3 is 9.64 Å². The van der Waals surface area contributed by atoms with Crippen LogP contribution in [-0.4, -0.2) is 37.1 Å². The lowest BCUT2D eigenvalue weighted by Gasteiger charge is -2.30. The second-order valence-electron chi connectivity index (χ2n) is 3.61. The Labute approximate surface area is 84.4 Å². The van der Waals surface area contributed by atoms with Gasteiger partial charge in [-0.2, -0.15) is 5.26 Å². The molecule has 4 heteroatoms. The Bertz CT molecular complexity index is 239.